The van der Waals surface area contributed by atoms with Gasteiger partial charge in [0, 0.05) is 37.5 Å². The van der Waals surface area contributed by atoms with Gasteiger partial charge in [-0.15, -0.1) is 5.10 Å². The van der Waals surface area contributed by atoms with Gasteiger partial charge in [-0.1, -0.05) is 5.21 Å². The molecule has 1 heterocycles. The summed E-state index contributed by atoms with van der Waals surface area (Å²) in [5.41, 5.74) is 5.62. The van der Waals surface area contributed by atoms with E-state index in [0.29, 0.717) is 11.6 Å². The third kappa shape index (κ3) is 1.94. The number of hydrogen-bond acceptors (Lipinski definition) is 3. The van der Waals surface area contributed by atoms with Gasteiger partial charge in [0.15, 0.2) is 0 Å². The summed E-state index contributed by atoms with van der Waals surface area (Å²) in [4.78, 5) is 0. The van der Waals surface area contributed by atoms with E-state index in [2.05, 4.69) is 10.3 Å². The molecule has 2 aliphatic rings. The van der Waals surface area contributed by atoms with Crippen molar-refractivity contribution in [2.75, 3.05) is 6.54 Å². The van der Waals surface area contributed by atoms with Crippen LogP contribution < -0.4 is 5.73 Å². The molecule has 0 aliphatic heterocycles. The highest BCUT2D eigenvalue weighted by Gasteiger charge is 2.58. The molecule has 2 aliphatic carbocycles. The average Bonchev–Trinajstić information content (AvgIpc) is 2.90. The lowest BCUT2D eigenvalue weighted by Gasteiger charge is -2.45. The Labute approximate surface area is 98.2 Å². The van der Waals surface area contributed by atoms with E-state index in [-0.39, 0.29) is 19.4 Å². The van der Waals surface area contributed by atoms with Crippen LogP contribution in [0, 0.1) is 5.92 Å². The molecular formula is C11H16F2N4. The standard InChI is InChI=1S/C11H16F2N4/c12-11(13)5-10(6-11,7-14)9-4-17(16-15-9)3-8-1-2-8/h4,8H,1-3,5-7,14H2. The maximum absolute atomic E-state index is 13.0. The highest BCUT2D eigenvalue weighted by molar-refractivity contribution is 5.22. The fraction of sp³-hybridized carbons (Fsp3) is 0.818. The van der Waals surface area contributed by atoms with Gasteiger partial charge in [-0.25, -0.2) is 8.78 Å². The molecule has 3 rings (SSSR count). The van der Waals surface area contributed by atoms with Crippen molar-refractivity contribution >= 4 is 0 Å². The first-order chi connectivity index (χ1) is 8.03. The van der Waals surface area contributed by atoms with Gasteiger partial charge in [-0.05, 0) is 18.8 Å². The van der Waals surface area contributed by atoms with Crippen molar-refractivity contribution in [3.8, 4) is 0 Å². The second-order valence-corrected chi connectivity index (χ2v) is 5.46. The molecule has 0 saturated heterocycles. The van der Waals surface area contributed by atoms with E-state index in [0.717, 1.165) is 6.54 Å². The SMILES string of the molecule is NCC1(c2cn(CC3CC3)nn2)CC(F)(F)C1. The molecule has 2 fully saturated rings. The van der Waals surface area contributed by atoms with Crippen LogP contribution >= 0.6 is 0 Å². The number of nitrogens with zero attached hydrogens (tertiary/aromatic N) is 3. The van der Waals surface area contributed by atoms with Gasteiger partial charge >= 0.3 is 0 Å². The maximum atomic E-state index is 13.0. The van der Waals surface area contributed by atoms with Crippen molar-refractivity contribution in [2.24, 2.45) is 11.7 Å². The average molecular weight is 242 g/mol. The number of nitrogens with two attached hydrogens (primary N) is 1. The Kier molecular flexibility index (Phi) is 2.26. The van der Waals surface area contributed by atoms with Crippen molar-refractivity contribution in [3.05, 3.63) is 11.9 Å². The first-order valence-electron chi connectivity index (χ1n) is 6.02. The van der Waals surface area contributed by atoms with E-state index in [9.17, 15) is 8.78 Å². The molecule has 2 N–H and O–H groups in total. The zero-order chi connectivity index (χ0) is 12.1. The van der Waals surface area contributed by atoms with Crippen LogP contribution in [-0.2, 0) is 12.0 Å². The molecule has 0 spiro atoms. The van der Waals surface area contributed by atoms with Gasteiger partial charge in [-0.3, -0.25) is 4.68 Å². The Hall–Kier alpha value is -1.04. The summed E-state index contributed by atoms with van der Waals surface area (Å²) in [6.45, 7) is 1.06. The summed E-state index contributed by atoms with van der Waals surface area (Å²) >= 11 is 0. The van der Waals surface area contributed by atoms with Crippen LogP contribution in [0.4, 0.5) is 8.78 Å². The number of rotatable bonds is 4. The molecule has 1 aromatic rings. The fourth-order valence-electron chi connectivity index (χ4n) is 2.56. The number of halogens is 2. The summed E-state index contributed by atoms with van der Waals surface area (Å²) in [6.07, 6.45) is 3.86. The molecule has 0 radical (unpaired) electrons. The lowest BCUT2D eigenvalue weighted by Crippen LogP contribution is -2.54. The third-order valence-electron chi connectivity index (χ3n) is 3.81. The van der Waals surface area contributed by atoms with Crippen LogP contribution in [0.5, 0.6) is 0 Å². The molecule has 0 atom stereocenters. The quantitative estimate of drug-likeness (QED) is 0.866. The second-order valence-electron chi connectivity index (χ2n) is 5.46. The highest BCUT2D eigenvalue weighted by atomic mass is 19.3. The van der Waals surface area contributed by atoms with Crippen molar-refractivity contribution in [2.45, 2.75) is 43.6 Å². The van der Waals surface area contributed by atoms with Gasteiger partial charge in [0.2, 0.25) is 5.92 Å². The number of alkyl halides is 2. The minimum atomic E-state index is -2.58. The predicted molar refractivity (Wildman–Crippen MR) is 57.7 cm³/mol. The first kappa shape index (κ1) is 11.1. The van der Waals surface area contributed by atoms with Gasteiger partial charge in [0.25, 0.3) is 0 Å². The van der Waals surface area contributed by atoms with Gasteiger partial charge < -0.3 is 5.73 Å². The van der Waals surface area contributed by atoms with Gasteiger partial charge in [0.1, 0.15) is 0 Å². The number of hydrogen-bond donors (Lipinski definition) is 1. The van der Waals surface area contributed by atoms with Crippen LogP contribution in [0.3, 0.4) is 0 Å². The van der Waals surface area contributed by atoms with E-state index in [4.69, 9.17) is 5.73 Å². The highest BCUT2D eigenvalue weighted by Crippen LogP contribution is 2.52. The lowest BCUT2D eigenvalue weighted by molar-refractivity contribution is -0.125. The number of aromatic nitrogens is 3. The molecule has 0 amide bonds. The first-order valence-corrected chi connectivity index (χ1v) is 6.02. The van der Waals surface area contributed by atoms with E-state index in [1.54, 1.807) is 10.9 Å². The maximum Gasteiger partial charge on any atom is 0.250 e. The smallest absolute Gasteiger partial charge is 0.250 e. The Bertz CT molecular complexity index is 417. The molecule has 0 bridgehead atoms. The van der Waals surface area contributed by atoms with Crippen LogP contribution in [0.1, 0.15) is 31.4 Å². The molecular weight excluding hydrogens is 226 g/mol. The summed E-state index contributed by atoms with van der Waals surface area (Å²) < 4.78 is 27.8. The monoisotopic (exact) mass is 242 g/mol. The summed E-state index contributed by atoms with van der Waals surface area (Å²) in [6, 6.07) is 0. The zero-order valence-corrected chi connectivity index (χ0v) is 9.57. The second kappa shape index (κ2) is 3.48. The van der Waals surface area contributed by atoms with Crippen molar-refractivity contribution in [3.63, 3.8) is 0 Å². The van der Waals surface area contributed by atoms with Crippen molar-refractivity contribution in [1.82, 2.24) is 15.0 Å². The molecule has 94 valence electrons. The minimum Gasteiger partial charge on any atom is -0.330 e. The molecule has 17 heavy (non-hydrogen) atoms. The Morgan fingerprint density at radius 3 is 2.65 bits per heavy atom. The van der Waals surface area contributed by atoms with Gasteiger partial charge in [-0.2, -0.15) is 0 Å². The molecule has 0 aromatic carbocycles. The van der Waals surface area contributed by atoms with Crippen molar-refractivity contribution < 1.29 is 8.78 Å². The Morgan fingerprint density at radius 1 is 1.41 bits per heavy atom. The van der Waals surface area contributed by atoms with E-state index in [1.165, 1.54) is 12.8 Å². The van der Waals surface area contributed by atoms with Crippen molar-refractivity contribution in [1.29, 1.82) is 0 Å². The van der Waals surface area contributed by atoms with Crippen LogP contribution in [0.15, 0.2) is 6.20 Å². The van der Waals surface area contributed by atoms with Gasteiger partial charge in [0.05, 0.1) is 5.69 Å². The van der Waals surface area contributed by atoms with Crippen LogP contribution in [0.2, 0.25) is 0 Å². The fourth-order valence-corrected chi connectivity index (χ4v) is 2.56. The molecule has 4 nitrogen and oxygen atoms in total. The lowest BCUT2D eigenvalue weighted by atomic mass is 9.64. The molecule has 0 unspecified atom stereocenters. The Balaban J connectivity index is 1.75. The summed E-state index contributed by atoms with van der Waals surface area (Å²) in [7, 11) is 0. The molecule has 2 saturated carbocycles. The topological polar surface area (TPSA) is 56.7 Å². The Morgan fingerprint density at radius 2 is 2.12 bits per heavy atom. The minimum absolute atomic E-state index is 0.196. The molecule has 6 heteroatoms. The largest absolute Gasteiger partial charge is 0.330 e. The van der Waals surface area contributed by atoms with E-state index >= 15 is 0 Å². The van der Waals surface area contributed by atoms with E-state index < -0.39 is 11.3 Å². The summed E-state index contributed by atoms with van der Waals surface area (Å²) in [5.74, 6) is -1.89. The molecule has 1 aromatic heterocycles. The third-order valence-corrected chi connectivity index (χ3v) is 3.81. The van der Waals surface area contributed by atoms with E-state index in [1.807, 2.05) is 0 Å². The predicted octanol–water partition coefficient (Wildman–Crippen LogP) is 1.31. The summed E-state index contributed by atoms with van der Waals surface area (Å²) in [5, 5.41) is 8.03. The zero-order valence-electron chi connectivity index (χ0n) is 9.57. The normalized spacial score (nSPS) is 25.6. The van der Waals surface area contributed by atoms with Crippen LogP contribution in [-0.4, -0.2) is 27.5 Å². The van der Waals surface area contributed by atoms with Crippen LogP contribution in [0.25, 0.3) is 0 Å².